The lowest BCUT2D eigenvalue weighted by Gasteiger charge is -2.22. The maximum Gasteiger partial charge on any atom is 0.407 e. The number of nitrogens with zero attached hydrogens (tertiary/aromatic N) is 2. The zero-order chi connectivity index (χ0) is 31.1. The van der Waals surface area contributed by atoms with Crippen molar-refractivity contribution in [3.63, 3.8) is 0 Å². The van der Waals surface area contributed by atoms with Crippen LogP contribution in [0.1, 0.15) is 59.5 Å². The second-order valence-electron chi connectivity index (χ2n) is 10.5. The van der Waals surface area contributed by atoms with Crippen LogP contribution in [0.5, 0.6) is 6.01 Å². The molecule has 0 unspecified atom stereocenters. The molecule has 4 aromatic rings. The number of hydrogen-bond donors (Lipinski definition) is 4. The fourth-order valence-electron chi connectivity index (χ4n) is 4.08. The molecular weight excluding hydrogens is 576 g/mol. The van der Waals surface area contributed by atoms with Crippen LogP contribution in [-0.4, -0.2) is 52.1 Å². The molecule has 1 atom stereocenters. The molecule has 43 heavy (non-hydrogen) atoms. The third-order valence-corrected chi connectivity index (χ3v) is 6.41. The van der Waals surface area contributed by atoms with Crippen molar-refractivity contribution in [2.24, 2.45) is 0 Å². The van der Waals surface area contributed by atoms with Gasteiger partial charge in [-0.3, -0.25) is 14.4 Å². The lowest BCUT2D eigenvalue weighted by Crippen LogP contribution is -2.35. The smallest absolute Gasteiger partial charge is 0.407 e. The maximum absolute atomic E-state index is 13.3. The monoisotopic (exact) mass is 606 g/mol. The van der Waals surface area contributed by atoms with E-state index in [0.717, 1.165) is 5.56 Å². The molecule has 0 radical (unpaired) electrons. The number of pyridine rings is 1. The van der Waals surface area contributed by atoms with Crippen molar-refractivity contribution in [2.45, 2.75) is 38.8 Å². The number of aromatic amines is 1. The van der Waals surface area contributed by atoms with Gasteiger partial charge in [0.05, 0.1) is 23.9 Å². The Morgan fingerprint density at radius 2 is 1.79 bits per heavy atom. The molecule has 0 spiro atoms. The molecule has 0 bridgehead atoms. The van der Waals surface area contributed by atoms with Crippen LogP contribution in [0.4, 0.5) is 10.5 Å². The van der Waals surface area contributed by atoms with Crippen molar-refractivity contribution in [2.75, 3.05) is 19.0 Å². The Bertz CT molecular complexity index is 1700. The van der Waals surface area contributed by atoms with Crippen molar-refractivity contribution >= 4 is 46.2 Å². The normalized spacial score (nSPS) is 11.8. The number of ether oxygens (including phenoxy) is 2. The minimum atomic E-state index is -0.742. The van der Waals surface area contributed by atoms with Crippen molar-refractivity contribution in [1.29, 1.82) is 0 Å². The summed E-state index contributed by atoms with van der Waals surface area (Å²) in [6.45, 7) is 5.56. The van der Waals surface area contributed by atoms with Gasteiger partial charge in [0.2, 0.25) is 0 Å². The number of methoxy groups -OCH3 is 1. The number of alkyl carbamates (subject to hydrolysis) is 1. The number of hydrogen-bond acceptors (Lipinski definition) is 8. The summed E-state index contributed by atoms with van der Waals surface area (Å²) in [5.74, 6) is -1.18. The van der Waals surface area contributed by atoms with Crippen LogP contribution in [0.3, 0.4) is 0 Å². The van der Waals surface area contributed by atoms with Gasteiger partial charge >= 0.3 is 12.1 Å². The summed E-state index contributed by atoms with van der Waals surface area (Å²) < 4.78 is 10.2. The first-order valence-electron chi connectivity index (χ1n) is 13.3. The quantitative estimate of drug-likeness (QED) is 0.214. The minimum absolute atomic E-state index is 0.0658. The molecule has 0 saturated heterocycles. The van der Waals surface area contributed by atoms with Gasteiger partial charge in [0.1, 0.15) is 16.8 Å². The fraction of sp³-hybridized carbons (Fsp3) is 0.267. The summed E-state index contributed by atoms with van der Waals surface area (Å²) in [7, 11) is 1.39. The van der Waals surface area contributed by atoms with Crippen molar-refractivity contribution in [3.05, 3.63) is 92.9 Å². The van der Waals surface area contributed by atoms with Crippen LogP contribution in [0.2, 0.25) is 5.02 Å². The fourth-order valence-corrected chi connectivity index (χ4v) is 4.24. The zero-order valence-electron chi connectivity index (χ0n) is 24.0. The Kier molecular flexibility index (Phi) is 9.61. The van der Waals surface area contributed by atoms with Gasteiger partial charge in [0.25, 0.3) is 17.4 Å². The van der Waals surface area contributed by atoms with Gasteiger partial charge in [0.15, 0.2) is 0 Å². The van der Waals surface area contributed by atoms with E-state index in [0.29, 0.717) is 11.8 Å². The lowest BCUT2D eigenvalue weighted by atomic mass is 10.0. The molecule has 224 valence electrons. The number of halogens is 1. The molecule has 0 aliphatic heterocycles. The first-order valence-corrected chi connectivity index (χ1v) is 13.7. The van der Waals surface area contributed by atoms with E-state index in [2.05, 4.69) is 30.9 Å². The van der Waals surface area contributed by atoms with Gasteiger partial charge in [-0.25, -0.2) is 9.78 Å². The summed E-state index contributed by atoms with van der Waals surface area (Å²) in [6, 6.07) is 14.7. The van der Waals surface area contributed by atoms with Gasteiger partial charge in [-0.2, -0.15) is 4.98 Å². The number of aromatic nitrogens is 3. The van der Waals surface area contributed by atoms with E-state index in [4.69, 9.17) is 21.1 Å². The molecule has 3 amide bonds. The summed E-state index contributed by atoms with van der Waals surface area (Å²) in [4.78, 5) is 61.7. The van der Waals surface area contributed by atoms with Crippen LogP contribution in [0.15, 0.2) is 65.6 Å². The number of fused-ring (bicyclic) bond motifs is 1. The second-order valence-corrected chi connectivity index (χ2v) is 10.9. The van der Waals surface area contributed by atoms with Gasteiger partial charge in [0, 0.05) is 23.7 Å². The highest BCUT2D eigenvalue weighted by molar-refractivity contribution is 6.34. The first-order chi connectivity index (χ1) is 20.4. The van der Waals surface area contributed by atoms with Crippen LogP contribution in [0, 0.1) is 0 Å². The van der Waals surface area contributed by atoms with Gasteiger partial charge in [-0.05, 0) is 57.0 Å². The minimum Gasteiger partial charge on any atom is -0.467 e. The average molecular weight is 607 g/mol. The SMILES string of the molecule is COc1ncc2cc(C(=O)Nc3cc(C(=O)N[C@@H](CCNC(=O)OC(C)(C)C)c4ccccc4)ccc3Cl)c(=O)[nH]c2n1. The number of anilines is 1. The molecule has 2 heterocycles. The summed E-state index contributed by atoms with van der Waals surface area (Å²) in [5, 5.41) is 8.86. The van der Waals surface area contributed by atoms with Crippen molar-refractivity contribution in [1.82, 2.24) is 25.6 Å². The number of carbonyl (C=O) groups is 3. The number of H-pyrrole nitrogens is 1. The van der Waals surface area contributed by atoms with Crippen molar-refractivity contribution in [3.8, 4) is 6.01 Å². The number of nitrogens with one attached hydrogen (secondary N) is 4. The molecule has 0 fully saturated rings. The molecule has 4 rings (SSSR count). The molecule has 0 saturated carbocycles. The lowest BCUT2D eigenvalue weighted by molar-refractivity contribution is 0.0526. The number of rotatable bonds is 9. The molecule has 13 heteroatoms. The van der Waals surface area contributed by atoms with E-state index in [1.165, 1.54) is 37.6 Å². The average Bonchev–Trinajstić information content (AvgIpc) is 2.96. The largest absolute Gasteiger partial charge is 0.467 e. The third kappa shape index (κ3) is 8.29. The molecular formula is C30H31ClN6O6. The third-order valence-electron chi connectivity index (χ3n) is 6.08. The Morgan fingerprint density at radius 3 is 2.49 bits per heavy atom. The van der Waals surface area contributed by atoms with E-state index in [1.807, 2.05) is 30.3 Å². The maximum atomic E-state index is 13.3. The number of carbonyl (C=O) groups excluding carboxylic acids is 3. The second kappa shape index (κ2) is 13.3. The number of benzene rings is 2. The summed E-state index contributed by atoms with van der Waals surface area (Å²) >= 11 is 6.33. The predicted octanol–water partition coefficient (Wildman–Crippen LogP) is 4.62. The van der Waals surface area contributed by atoms with E-state index in [-0.39, 0.29) is 40.0 Å². The predicted molar refractivity (Wildman–Crippen MR) is 162 cm³/mol. The van der Waals surface area contributed by atoms with E-state index < -0.39 is 35.1 Å². The summed E-state index contributed by atoms with van der Waals surface area (Å²) in [5.41, 5.74) is -0.124. The molecule has 4 N–H and O–H groups in total. The standard InChI is InChI=1S/C30H31ClN6O6/c1-30(2,3)43-29(41)32-13-12-22(17-8-6-5-7-9-17)34-25(38)18-10-11-21(31)23(15-18)35-26(39)20-14-19-16-33-28(42-4)37-24(19)36-27(20)40/h5-11,14-16,22H,12-13H2,1-4H3,(H,32,41)(H,34,38)(H,35,39)(H,33,36,37,40)/t22-/m0/s1. The topological polar surface area (TPSA) is 164 Å². The molecule has 2 aromatic carbocycles. The first kappa shape index (κ1) is 31.0. The number of amides is 3. The van der Waals surface area contributed by atoms with Crippen LogP contribution < -0.4 is 26.2 Å². The van der Waals surface area contributed by atoms with Crippen LogP contribution in [-0.2, 0) is 4.74 Å². The van der Waals surface area contributed by atoms with E-state index >= 15 is 0 Å². The highest BCUT2D eigenvalue weighted by Gasteiger charge is 2.20. The highest BCUT2D eigenvalue weighted by atomic mass is 35.5. The van der Waals surface area contributed by atoms with Crippen LogP contribution in [0.25, 0.3) is 11.0 Å². The molecule has 12 nitrogen and oxygen atoms in total. The van der Waals surface area contributed by atoms with Crippen molar-refractivity contribution < 1.29 is 23.9 Å². The Labute approximate surface area is 252 Å². The van der Waals surface area contributed by atoms with Gasteiger partial charge in [-0.15, -0.1) is 0 Å². The highest BCUT2D eigenvalue weighted by Crippen LogP contribution is 2.25. The Morgan fingerprint density at radius 1 is 1.05 bits per heavy atom. The zero-order valence-corrected chi connectivity index (χ0v) is 24.7. The van der Waals surface area contributed by atoms with E-state index in [9.17, 15) is 19.2 Å². The molecule has 0 aliphatic rings. The van der Waals surface area contributed by atoms with Gasteiger partial charge in [-0.1, -0.05) is 41.9 Å². The van der Waals surface area contributed by atoms with Gasteiger partial charge < -0.3 is 30.4 Å². The Hall–Kier alpha value is -4.97. The van der Waals surface area contributed by atoms with E-state index in [1.54, 1.807) is 20.8 Å². The van der Waals surface area contributed by atoms with Crippen LogP contribution >= 0.6 is 11.6 Å². The molecule has 0 aliphatic carbocycles. The molecule has 2 aromatic heterocycles. The Balaban J connectivity index is 1.49. The summed E-state index contributed by atoms with van der Waals surface area (Å²) in [6.07, 6.45) is 1.24.